The molecule has 1 heterocycles. The van der Waals surface area contributed by atoms with Crippen LogP contribution in [-0.2, 0) is 11.3 Å². The largest absolute Gasteiger partial charge is 0.392 e. The second kappa shape index (κ2) is 6.26. The lowest BCUT2D eigenvalue weighted by molar-refractivity contribution is -0.127. The minimum atomic E-state index is -0.456. The van der Waals surface area contributed by atoms with E-state index < -0.39 is 6.10 Å². The Bertz CT molecular complexity index is 623. The lowest BCUT2D eigenvalue weighted by atomic mass is 10.1. The standard InChI is InChI=1S/C16H21N3O2/c20-15-8-3-5-12(15)16(21)17-9-4-10-19-11-18-13-6-1-2-7-14(13)19/h1-2,6-7,11-12,15,20H,3-5,8-10H2,(H,17,21). The van der Waals surface area contributed by atoms with Gasteiger partial charge in [0.15, 0.2) is 0 Å². The fraction of sp³-hybridized carbons (Fsp3) is 0.500. The third-order valence-electron chi connectivity index (χ3n) is 4.22. The van der Waals surface area contributed by atoms with Crippen LogP contribution in [0, 0.1) is 5.92 Å². The third-order valence-corrected chi connectivity index (χ3v) is 4.22. The summed E-state index contributed by atoms with van der Waals surface area (Å²) in [4.78, 5) is 16.3. The maximum absolute atomic E-state index is 11.9. The molecule has 1 aliphatic rings. The van der Waals surface area contributed by atoms with Crippen molar-refractivity contribution in [2.24, 2.45) is 5.92 Å². The van der Waals surface area contributed by atoms with Crippen LogP contribution in [-0.4, -0.2) is 33.2 Å². The minimum Gasteiger partial charge on any atom is -0.392 e. The van der Waals surface area contributed by atoms with E-state index in [2.05, 4.69) is 20.9 Å². The van der Waals surface area contributed by atoms with E-state index in [0.717, 1.165) is 43.3 Å². The zero-order valence-corrected chi connectivity index (χ0v) is 12.0. The van der Waals surface area contributed by atoms with Gasteiger partial charge >= 0.3 is 0 Å². The highest BCUT2D eigenvalue weighted by molar-refractivity contribution is 5.79. The van der Waals surface area contributed by atoms with E-state index in [1.807, 2.05) is 24.5 Å². The Kier molecular flexibility index (Phi) is 4.20. The zero-order valence-electron chi connectivity index (χ0n) is 12.0. The van der Waals surface area contributed by atoms with Crippen molar-refractivity contribution in [2.75, 3.05) is 6.54 Å². The lowest BCUT2D eigenvalue weighted by Gasteiger charge is -2.14. The number of hydrogen-bond donors (Lipinski definition) is 2. The summed E-state index contributed by atoms with van der Waals surface area (Å²) in [6.45, 7) is 1.46. The number of aromatic nitrogens is 2. The van der Waals surface area contributed by atoms with Crippen LogP contribution in [0.4, 0.5) is 0 Å². The van der Waals surface area contributed by atoms with E-state index in [-0.39, 0.29) is 11.8 Å². The monoisotopic (exact) mass is 287 g/mol. The molecule has 1 aliphatic carbocycles. The minimum absolute atomic E-state index is 0.00418. The van der Waals surface area contributed by atoms with Crippen molar-refractivity contribution in [3.8, 4) is 0 Å². The first-order valence-electron chi connectivity index (χ1n) is 7.61. The Morgan fingerprint density at radius 3 is 3.05 bits per heavy atom. The summed E-state index contributed by atoms with van der Waals surface area (Å²) in [7, 11) is 0. The van der Waals surface area contributed by atoms with E-state index in [9.17, 15) is 9.90 Å². The molecular weight excluding hydrogens is 266 g/mol. The van der Waals surface area contributed by atoms with Crippen LogP contribution >= 0.6 is 0 Å². The molecule has 0 saturated heterocycles. The van der Waals surface area contributed by atoms with Gasteiger partial charge in [0.1, 0.15) is 0 Å². The Morgan fingerprint density at radius 2 is 2.24 bits per heavy atom. The molecule has 1 aromatic heterocycles. The fourth-order valence-electron chi connectivity index (χ4n) is 3.03. The van der Waals surface area contributed by atoms with Crippen LogP contribution in [0.1, 0.15) is 25.7 Å². The van der Waals surface area contributed by atoms with Crippen LogP contribution in [0.2, 0.25) is 0 Å². The maximum Gasteiger partial charge on any atom is 0.225 e. The molecule has 5 heteroatoms. The van der Waals surface area contributed by atoms with Gasteiger partial charge in [-0.1, -0.05) is 12.1 Å². The molecule has 2 atom stereocenters. The number of benzene rings is 1. The number of aryl methyl sites for hydroxylation is 1. The van der Waals surface area contributed by atoms with Gasteiger partial charge in [0.05, 0.1) is 29.4 Å². The Hall–Kier alpha value is -1.88. The van der Waals surface area contributed by atoms with Crippen molar-refractivity contribution in [2.45, 2.75) is 38.3 Å². The second-order valence-corrected chi connectivity index (χ2v) is 5.68. The summed E-state index contributed by atoms with van der Waals surface area (Å²) < 4.78 is 2.10. The number of rotatable bonds is 5. The lowest BCUT2D eigenvalue weighted by Crippen LogP contribution is -2.35. The highest BCUT2D eigenvalue weighted by Crippen LogP contribution is 2.25. The number of nitrogens with zero attached hydrogens (tertiary/aromatic N) is 2. The summed E-state index contributed by atoms with van der Waals surface area (Å²) in [5, 5.41) is 12.6. The van der Waals surface area contributed by atoms with E-state index in [4.69, 9.17) is 0 Å². The van der Waals surface area contributed by atoms with E-state index in [1.54, 1.807) is 0 Å². The topological polar surface area (TPSA) is 67.2 Å². The maximum atomic E-state index is 11.9. The Balaban J connectivity index is 1.47. The molecule has 1 amide bonds. The molecule has 1 saturated carbocycles. The molecule has 2 unspecified atom stereocenters. The predicted octanol–water partition coefficient (Wildman–Crippen LogP) is 1.70. The number of aliphatic hydroxyl groups excluding tert-OH is 1. The molecule has 112 valence electrons. The average Bonchev–Trinajstić information content (AvgIpc) is 3.10. The number of aliphatic hydroxyl groups is 1. The highest BCUT2D eigenvalue weighted by Gasteiger charge is 2.30. The second-order valence-electron chi connectivity index (χ2n) is 5.68. The van der Waals surface area contributed by atoms with Crippen molar-refractivity contribution in [1.29, 1.82) is 0 Å². The molecule has 5 nitrogen and oxygen atoms in total. The quantitative estimate of drug-likeness (QED) is 0.823. The van der Waals surface area contributed by atoms with Gasteiger partial charge in [0.2, 0.25) is 5.91 Å². The number of fused-ring (bicyclic) bond motifs is 1. The third kappa shape index (κ3) is 3.08. The summed E-state index contributed by atoms with van der Waals surface area (Å²) in [6, 6.07) is 8.03. The number of amides is 1. The van der Waals surface area contributed by atoms with Crippen LogP contribution in [0.3, 0.4) is 0 Å². The molecule has 0 bridgehead atoms. The molecule has 21 heavy (non-hydrogen) atoms. The Labute approximate surface area is 124 Å². The van der Waals surface area contributed by atoms with Crippen molar-refractivity contribution < 1.29 is 9.90 Å². The molecule has 1 aromatic carbocycles. The first kappa shape index (κ1) is 14.1. The van der Waals surface area contributed by atoms with Gasteiger partial charge in [-0.05, 0) is 37.8 Å². The Morgan fingerprint density at radius 1 is 1.38 bits per heavy atom. The number of carbonyl (C=O) groups is 1. The summed E-state index contributed by atoms with van der Waals surface area (Å²) in [5.41, 5.74) is 2.12. The summed E-state index contributed by atoms with van der Waals surface area (Å²) >= 11 is 0. The summed E-state index contributed by atoms with van der Waals surface area (Å²) in [6.07, 6.45) is 4.74. The predicted molar refractivity (Wildman–Crippen MR) is 80.7 cm³/mol. The van der Waals surface area contributed by atoms with Gasteiger partial charge in [-0.3, -0.25) is 4.79 Å². The summed E-state index contributed by atoms with van der Waals surface area (Å²) in [5.74, 6) is -0.213. The van der Waals surface area contributed by atoms with Crippen LogP contribution in [0.25, 0.3) is 11.0 Å². The van der Waals surface area contributed by atoms with E-state index in [1.165, 1.54) is 0 Å². The van der Waals surface area contributed by atoms with Gasteiger partial charge < -0.3 is 15.0 Å². The van der Waals surface area contributed by atoms with Gasteiger partial charge in [0.25, 0.3) is 0 Å². The molecule has 3 rings (SSSR count). The van der Waals surface area contributed by atoms with Gasteiger partial charge in [-0.25, -0.2) is 4.98 Å². The van der Waals surface area contributed by atoms with Crippen LogP contribution in [0.5, 0.6) is 0 Å². The molecule has 0 radical (unpaired) electrons. The molecule has 1 fully saturated rings. The average molecular weight is 287 g/mol. The SMILES string of the molecule is O=C(NCCCn1cnc2ccccc21)C1CCCC1O. The van der Waals surface area contributed by atoms with Crippen molar-refractivity contribution >= 4 is 16.9 Å². The number of nitrogens with one attached hydrogen (secondary N) is 1. The van der Waals surface area contributed by atoms with Crippen molar-refractivity contribution in [3.63, 3.8) is 0 Å². The first-order valence-corrected chi connectivity index (χ1v) is 7.61. The molecule has 2 aromatic rings. The van der Waals surface area contributed by atoms with Crippen LogP contribution < -0.4 is 5.32 Å². The normalized spacial score (nSPS) is 21.8. The van der Waals surface area contributed by atoms with E-state index >= 15 is 0 Å². The number of hydrogen-bond acceptors (Lipinski definition) is 3. The van der Waals surface area contributed by atoms with Gasteiger partial charge in [0, 0.05) is 13.1 Å². The number of carbonyl (C=O) groups excluding carboxylic acids is 1. The molecule has 0 spiro atoms. The molecule has 2 N–H and O–H groups in total. The fourth-order valence-corrected chi connectivity index (χ4v) is 3.03. The number of imidazole rings is 1. The highest BCUT2D eigenvalue weighted by atomic mass is 16.3. The van der Waals surface area contributed by atoms with E-state index in [0.29, 0.717) is 6.54 Å². The van der Waals surface area contributed by atoms with Crippen molar-refractivity contribution in [3.05, 3.63) is 30.6 Å². The molecule has 0 aliphatic heterocycles. The molecular formula is C16H21N3O2. The smallest absolute Gasteiger partial charge is 0.225 e. The van der Waals surface area contributed by atoms with Gasteiger partial charge in [-0.15, -0.1) is 0 Å². The van der Waals surface area contributed by atoms with Gasteiger partial charge in [-0.2, -0.15) is 0 Å². The number of para-hydroxylation sites is 2. The zero-order chi connectivity index (χ0) is 14.7. The van der Waals surface area contributed by atoms with Crippen LogP contribution in [0.15, 0.2) is 30.6 Å². The van der Waals surface area contributed by atoms with Crippen molar-refractivity contribution in [1.82, 2.24) is 14.9 Å². The first-order chi connectivity index (χ1) is 10.3.